The van der Waals surface area contributed by atoms with E-state index in [0.29, 0.717) is 12.0 Å². The van der Waals surface area contributed by atoms with E-state index in [-0.39, 0.29) is 35.6 Å². The lowest BCUT2D eigenvalue weighted by Gasteiger charge is -2.45. The Kier molecular flexibility index (Phi) is 4.36. The lowest BCUT2D eigenvalue weighted by molar-refractivity contribution is -0.144. The number of aliphatic hydroxyl groups is 3. The number of carbonyl (C=O) groups excluding carboxylic acids is 3. The van der Waals surface area contributed by atoms with Crippen molar-refractivity contribution in [2.75, 3.05) is 0 Å². The van der Waals surface area contributed by atoms with Crippen LogP contribution in [-0.4, -0.2) is 43.5 Å². The fraction of sp³-hybridized carbons (Fsp3) is 0.375. The average molecular weight is 437 g/mol. The van der Waals surface area contributed by atoms with Crippen LogP contribution in [0.2, 0.25) is 0 Å². The van der Waals surface area contributed by atoms with E-state index in [2.05, 4.69) is 12.2 Å². The predicted octanol–water partition coefficient (Wildman–Crippen LogP) is 2.01. The number of benzene rings is 1. The number of primary amides is 1. The zero-order valence-corrected chi connectivity index (χ0v) is 17.2. The summed E-state index contributed by atoms with van der Waals surface area (Å²) in [5.74, 6) is -5.96. The van der Waals surface area contributed by atoms with Crippen LogP contribution in [0.25, 0.3) is 0 Å². The first-order valence-electron chi connectivity index (χ1n) is 10.6. The number of fused-ring (bicyclic) bond motifs is 3. The summed E-state index contributed by atoms with van der Waals surface area (Å²) >= 11 is 0. The van der Waals surface area contributed by atoms with Gasteiger partial charge in [-0.2, -0.15) is 0 Å². The minimum atomic E-state index is -2.53. The van der Waals surface area contributed by atoms with Gasteiger partial charge in [0.15, 0.2) is 11.4 Å². The number of phenolic OH excluding ortho intramolecular Hbond substituents is 1. The van der Waals surface area contributed by atoms with E-state index < -0.39 is 52.0 Å². The quantitative estimate of drug-likeness (QED) is 0.350. The van der Waals surface area contributed by atoms with Gasteiger partial charge in [-0.15, -0.1) is 0 Å². The molecule has 4 aliphatic rings. The van der Waals surface area contributed by atoms with Crippen molar-refractivity contribution in [1.82, 2.24) is 0 Å². The Labute approximate surface area is 183 Å². The molecule has 1 aromatic carbocycles. The van der Waals surface area contributed by atoms with E-state index in [9.17, 15) is 34.8 Å². The number of hydrogen-bond acceptors (Lipinski definition) is 7. The van der Waals surface area contributed by atoms with E-state index in [4.69, 9.17) is 5.73 Å². The van der Waals surface area contributed by atoms with Gasteiger partial charge in [-0.3, -0.25) is 14.4 Å². The largest absolute Gasteiger partial charge is 0.511 e. The van der Waals surface area contributed by atoms with Crippen LogP contribution in [-0.2, 0) is 16.0 Å². The second-order valence-electron chi connectivity index (χ2n) is 9.05. The number of aliphatic hydroxyl groups excluding tert-OH is 2. The first kappa shape index (κ1) is 20.5. The Balaban J connectivity index is 1.67. The van der Waals surface area contributed by atoms with Crippen LogP contribution >= 0.6 is 0 Å². The number of aromatic hydroxyl groups is 1. The minimum Gasteiger partial charge on any atom is -0.511 e. The number of Topliss-reactive ketones (excluding diaryl/α,β-unsaturated/α-hetero) is 2. The van der Waals surface area contributed by atoms with Gasteiger partial charge >= 0.3 is 0 Å². The molecule has 0 heterocycles. The van der Waals surface area contributed by atoms with Crippen molar-refractivity contribution in [2.45, 2.75) is 43.6 Å². The van der Waals surface area contributed by atoms with E-state index in [0.717, 1.165) is 18.4 Å². The number of carbonyl (C=O) groups is 3. The smallest absolute Gasteiger partial charge is 0.255 e. The highest BCUT2D eigenvalue weighted by atomic mass is 16.3. The van der Waals surface area contributed by atoms with Crippen molar-refractivity contribution >= 4 is 17.5 Å². The molecule has 0 radical (unpaired) electrons. The Hall–Kier alpha value is -3.39. The number of phenols is 1. The monoisotopic (exact) mass is 437 g/mol. The molecule has 1 unspecified atom stereocenters. The SMILES string of the molecule is NC(=O)C1=C(O)C[C@@H]2C[C@@H]3Cc4c(C5C=CCC5)ccc(O)c4C(=O)C3=C(O)[C@]2(O)C1=O. The number of allylic oxidation sites excluding steroid dienone is 4. The summed E-state index contributed by atoms with van der Waals surface area (Å²) < 4.78 is 0. The van der Waals surface area contributed by atoms with Crippen molar-refractivity contribution in [3.05, 3.63) is 63.6 Å². The normalized spacial score (nSPS) is 31.5. The third-order valence-electron chi connectivity index (χ3n) is 7.39. The van der Waals surface area contributed by atoms with Gasteiger partial charge < -0.3 is 26.2 Å². The molecule has 0 saturated heterocycles. The average Bonchev–Trinajstić information content (AvgIpc) is 3.25. The molecule has 1 amide bonds. The molecule has 1 aromatic rings. The molecule has 166 valence electrons. The Bertz CT molecular complexity index is 1190. The Morgan fingerprint density at radius 1 is 1.12 bits per heavy atom. The topological polar surface area (TPSA) is 158 Å². The summed E-state index contributed by atoms with van der Waals surface area (Å²) in [6, 6.07) is 3.27. The van der Waals surface area contributed by atoms with Crippen LogP contribution in [0.3, 0.4) is 0 Å². The second-order valence-corrected chi connectivity index (χ2v) is 9.05. The van der Waals surface area contributed by atoms with E-state index in [1.54, 1.807) is 0 Å². The summed E-state index contributed by atoms with van der Waals surface area (Å²) in [6.45, 7) is 0. The van der Waals surface area contributed by atoms with Crippen molar-refractivity contribution in [2.24, 2.45) is 17.6 Å². The van der Waals surface area contributed by atoms with E-state index >= 15 is 0 Å². The van der Waals surface area contributed by atoms with Gasteiger partial charge in [0.05, 0.1) is 5.56 Å². The maximum Gasteiger partial charge on any atom is 0.255 e. The van der Waals surface area contributed by atoms with Crippen molar-refractivity contribution in [1.29, 1.82) is 0 Å². The van der Waals surface area contributed by atoms with Crippen molar-refractivity contribution < 1.29 is 34.8 Å². The fourth-order valence-corrected chi connectivity index (χ4v) is 5.88. The van der Waals surface area contributed by atoms with Gasteiger partial charge in [0.25, 0.3) is 5.91 Å². The molecule has 8 nitrogen and oxygen atoms in total. The second kappa shape index (κ2) is 6.80. The molecule has 5 rings (SSSR count). The summed E-state index contributed by atoms with van der Waals surface area (Å²) in [7, 11) is 0. The van der Waals surface area contributed by atoms with Crippen LogP contribution < -0.4 is 5.73 Å². The molecular weight excluding hydrogens is 414 g/mol. The molecule has 0 aromatic heterocycles. The van der Waals surface area contributed by atoms with Crippen molar-refractivity contribution in [3.63, 3.8) is 0 Å². The number of hydrogen-bond donors (Lipinski definition) is 5. The fourth-order valence-electron chi connectivity index (χ4n) is 5.88. The summed E-state index contributed by atoms with van der Waals surface area (Å²) in [5.41, 5.74) is 3.49. The summed E-state index contributed by atoms with van der Waals surface area (Å²) in [5, 5.41) is 43.0. The minimum absolute atomic E-state index is 0.0689. The molecule has 0 aliphatic heterocycles. The Morgan fingerprint density at radius 2 is 1.88 bits per heavy atom. The van der Waals surface area contributed by atoms with E-state index in [1.807, 2.05) is 6.07 Å². The zero-order chi connectivity index (χ0) is 22.9. The van der Waals surface area contributed by atoms with Crippen LogP contribution in [0.4, 0.5) is 0 Å². The van der Waals surface area contributed by atoms with Gasteiger partial charge in [-0.25, -0.2) is 0 Å². The molecule has 4 atom stereocenters. The zero-order valence-electron chi connectivity index (χ0n) is 17.2. The van der Waals surface area contributed by atoms with Crippen molar-refractivity contribution in [3.8, 4) is 5.75 Å². The molecule has 0 spiro atoms. The standard InChI is InChI=1S/C24H23NO7/c25-23(31)19-16(27)9-12-7-11-8-14-13(10-3-1-2-4-10)5-6-15(26)18(14)20(28)17(11)21(29)24(12,32)22(19)30/h1,3,5-6,10-12,26-27,29,32H,2,4,7-9H2,(H2,25,31)/t10?,11-,12+,24+/m1/s1. The highest BCUT2D eigenvalue weighted by molar-refractivity contribution is 6.24. The summed E-state index contributed by atoms with van der Waals surface area (Å²) in [6.07, 6.45) is 6.22. The van der Waals surface area contributed by atoms with Crippen LogP contribution in [0.5, 0.6) is 5.75 Å². The molecule has 32 heavy (non-hydrogen) atoms. The van der Waals surface area contributed by atoms with Gasteiger partial charge in [-0.1, -0.05) is 18.2 Å². The van der Waals surface area contributed by atoms with Gasteiger partial charge in [0, 0.05) is 23.8 Å². The third kappa shape index (κ3) is 2.56. The lowest BCUT2D eigenvalue weighted by Crippen LogP contribution is -2.57. The molecule has 4 aliphatic carbocycles. The van der Waals surface area contributed by atoms with Gasteiger partial charge in [-0.05, 0) is 48.8 Å². The number of nitrogens with two attached hydrogens (primary N) is 1. The molecule has 6 N–H and O–H groups in total. The van der Waals surface area contributed by atoms with Crippen LogP contribution in [0.15, 0.2) is 46.9 Å². The first-order chi connectivity index (χ1) is 15.2. The number of amides is 1. The lowest BCUT2D eigenvalue weighted by atomic mass is 9.60. The van der Waals surface area contributed by atoms with Crippen LogP contribution in [0, 0.1) is 11.8 Å². The molecule has 0 fully saturated rings. The van der Waals surface area contributed by atoms with Gasteiger partial charge in [0.1, 0.15) is 22.8 Å². The highest BCUT2D eigenvalue weighted by Crippen LogP contribution is 2.52. The number of rotatable bonds is 2. The third-order valence-corrected chi connectivity index (χ3v) is 7.39. The summed E-state index contributed by atoms with van der Waals surface area (Å²) in [4.78, 5) is 38.1. The maximum atomic E-state index is 13.5. The highest BCUT2D eigenvalue weighted by Gasteiger charge is 2.59. The van der Waals surface area contributed by atoms with Crippen LogP contribution in [0.1, 0.15) is 53.1 Å². The Morgan fingerprint density at radius 3 is 2.53 bits per heavy atom. The number of ketones is 2. The first-order valence-corrected chi connectivity index (χ1v) is 10.6. The van der Waals surface area contributed by atoms with E-state index in [1.165, 1.54) is 6.07 Å². The molecular formula is C24H23NO7. The molecule has 0 saturated carbocycles. The maximum absolute atomic E-state index is 13.5. The molecule has 0 bridgehead atoms. The molecule has 8 heteroatoms. The van der Waals surface area contributed by atoms with Gasteiger partial charge in [0.2, 0.25) is 5.78 Å². The predicted molar refractivity (Wildman–Crippen MR) is 112 cm³/mol.